The van der Waals surface area contributed by atoms with Gasteiger partial charge in [0.05, 0.1) is 6.10 Å². The molecule has 0 bridgehead atoms. The van der Waals surface area contributed by atoms with Crippen molar-refractivity contribution in [2.24, 2.45) is 5.92 Å². The predicted molar refractivity (Wildman–Crippen MR) is 71.3 cm³/mol. The van der Waals surface area contributed by atoms with Gasteiger partial charge in [-0.1, -0.05) is 0 Å². The maximum absolute atomic E-state index is 5.80. The molecule has 17 heavy (non-hydrogen) atoms. The zero-order chi connectivity index (χ0) is 12.1. The number of nitrogens with one attached hydrogen (secondary N) is 1. The fraction of sp³-hybridized carbons (Fsp3) is 1.00. The number of hydrogen-bond acceptors (Lipinski definition) is 3. The summed E-state index contributed by atoms with van der Waals surface area (Å²) in [6.45, 7) is 6.84. The van der Waals surface area contributed by atoms with Crippen molar-refractivity contribution in [2.75, 3.05) is 33.3 Å². The Morgan fingerprint density at radius 2 is 2.12 bits per heavy atom. The first-order chi connectivity index (χ1) is 8.24. The lowest BCUT2D eigenvalue weighted by molar-refractivity contribution is -0.00433. The van der Waals surface area contributed by atoms with E-state index in [1.54, 1.807) is 0 Å². The monoisotopic (exact) mass is 240 g/mol. The average molecular weight is 240 g/mol. The Bertz CT molecular complexity index is 216. The van der Waals surface area contributed by atoms with Crippen LogP contribution in [0, 0.1) is 5.92 Å². The number of piperidine rings is 1. The predicted octanol–water partition coefficient (Wildman–Crippen LogP) is 1.88. The van der Waals surface area contributed by atoms with E-state index in [9.17, 15) is 0 Å². The maximum Gasteiger partial charge on any atom is 0.0701 e. The molecule has 2 heterocycles. The summed E-state index contributed by atoms with van der Waals surface area (Å²) in [6.07, 6.45) is 7.02. The molecule has 0 radical (unpaired) electrons. The molecule has 0 aromatic rings. The van der Waals surface area contributed by atoms with Gasteiger partial charge in [0.1, 0.15) is 0 Å². The summed E-state index contributed by atoms with van der Waals surface area (Å²) < 4.78 is 5.80. The Balaban J connectivity index is 1.66. The Kier molecular flexibility index (Phi) is 5.26. The second-order valence-corrected chi connectivity index (χ2v) is 5.96. The summed E-state index contributed by atoms with van der Waals surface area (Å²) >= 11 is 0. The topological polar surface area (TPSA) is 24.5 Å². The number of rotatable bonds is 4. The molecule has 0 spiro atoms. The summed E-state index contributed by atoms with van der Waals surface area (Å²) in [5.41, 5.74) is 0. The highest BCUT2D eigenvalue weighted by molar-refractivity contribution is 4.78. The fourth-order valence-electron chi connectivity index (χ4n) is 3.22. The molecular weight excluding hydrogens is 212 g/mol. The second-order valence-electron chi connectivity index (χ2n) is 5.96. The molecule has 2 aliphatic rings. The first kappa shape index (κ1) is 13.3. The number of likely N-dealkylation sites (N-methyl/N-ethyl adjacent to an activating group) is 1. The normalized spacial score (nSPS) is 35.1. The molecule has 0 aromatic heterocycles. The zero-order valence-electron chi connectivity index (χ0n) is 11.5. The van der Waals surface area contributed by atoms with Gasteiger partial charge in [0, 0.05) is 25.7 Å². The van der Waals surface area contributed by atoms with Crippen LogP contribution in [-0.4, -0.2) is 50.3 Å². The third kappa shape index (κ3) is 4.57. The first-order valence-corrected chi connectivity index (χ1v) is 7.27. The Labute approximate surface area is 106 Å². The van der Waals surface area contributed by atoms with Crippen molar-refractivity contribution in [3.05, 3.63) is 0 Å². The lowest BCUT2D eigenvalue weighted by Gasteiger charge is -2.33. The fourth-order valence-corrected chi connectivity index (χ4v) is 3.22. The highest BCUT2D eigenvalue weighted by atomic mass is 16.5. The van der Waals surface area contributed by atoms with Crippen molar-refractivity contribution >= 4 is 0 Å². The molecule has 2 saturated heterocycles. The maximum atomic E-state index is 5.80. The Morgan fingerprint density at radius 3 is 2.82 bits per heavy atom. The Hall–Kier alpha value is -0.120. The van der Waals surface area contributed by atoms with E-state index in [1.165, 1.54) is 45.2 Å². The minimum atomic E-state index is 0.493. The summed E-state index contributed by atoms with van der Waals surface area (Å²) in [5, 5.41) is 3.52. The lowest BCUT2D eigenvalue weighted by atomic mass is 9.93. The summed E-state index contributed by atoms with van der Waals surface area (Å²) in [7, 11) is 2.25. The van der Waals surface area contributed by atoms with Gasteiger partial charge in [-0.25, -0.2) is 0 Å². The molecule has 2 rings (SSSR count). The van der Waals surface area contributed by atoms with E-state index in [1.807, 2.05) is 0 Å². The SMILES string of the molecule is CC1CC(CN(C)CC2CCCCO2)CCN1. The number of ether oxygens (including phenoxy) is 1. The van der Waals surface area contributed by atoms with Crippen LogP contribution in [0.4, 0.5) is 0 Å². The molecule has 3 nitrogen and oxygen atoms in total. The Morgan fingerprint density at radius 1 is 1.24 bits per heavy atom. The van der Waals surface area contributed by atoms with Gasteiger partial charge in [-0.2, -0.15) is 0 Å². The summed E-state index contributed by atoms with van der Waals surface area (Å²) in [6, 6.07) is 0.702. The molecular formula is C14H28N2O. The number of hydrogen-bond donors (Lipinski definition) is 1. The second kappa shape index (κ2) is 6.72. The van der Waals surface area contributed by atoms with Gasteiger partial charge in [0.15, 0.2) is 0 Å². The highest BCUT2D eigenvalue weighted by Gasteiger charge is 2.21. The van der Waals surface area contributed by atoms with Crippen LogP contribution >= 0.6 is 0 Å². The van der Waals surface area contributed by atoms with Gasteiger partial charge >= 0.3 is 0 Å². The molecule has 3 atom stereocenters. The van der Waals surface area contributed by atoms with E-state index >= 15 is 0 Å². The van der Waals surface area contributed by atoms with Crippen LogP contribution in [0.5, 0.6) is 0 Å². The van der Waals surface area contributed by atoms with E-state index in [2.05, 4.69) is 24.2 Å². The molecule has 0 saturated carbocycles. The first-order valence-electron chi connectivity index (χ1n) is 7.27. The molecule has 0 amide bonds. The van der Waals surface area contributed by atoms with Gasteiger partial charge < -0.3 is 15.0 Å². The van der Waals surface area contributed by atoms with Crippen LogP contribution in [0.2, 0.25) is 0 Å². The molecule has 3 unspecified atom stereocenters. The standard InChI is InChI=1S/C14H28N2O/c1-12-9-13(6-7-15-12)10-16(2)11-14-5-3-4-8-17-14/h12-15H,3-11H2,1-2H3. The van der Waals surface area contributed by atoms with Crippen molar-refractivity contribution in [3.63, 3.8) is 0 Å². The van der Waals surface area contributed by atoms with Crippen molar-refractivity contribution in [1.29, 1.82) is 0 Å². The van der Waals surface area contributed by atoms with Gasteiger partial charge in [-0.3, -0.25) is 0 Å². The molecule has 2 fully saturated rings. The van der Waals surface area contributed by atoms with E-state index in [-0.39, 0.29) is 0 Å². The molecule has 100 valence electrons. The van der Waals surface area contributed by atoms with E-state index in [0.29, 0.717) is 12.1 Å². The highest BCUT2D eigenvalue weighted by Crippen LogP contribution is 2.18. The third-order valence-corrected chi connectivity index (χ3v) is 4.09. The zero-order valence-corrected chi connectivity index (χ0v) is 11.5. The minimum Gasteiger partial charge on any atom is -0.377 e. The molecule has 3 heteroatoms. The van der Waals surface area contributed by atoms with Crippen LogP contribution < -0.4 is 5.32 Å². The number of nitrogens with zero attached hydrogens (tertiary/aromatic N) is 1. The lowest BCUT2D eigenvalue weighted by Crippen LogP contribution is -2.41. The van der Waals surface area contributed by atoms with Crippen LogP contribution in [0.15, 0.2) is 0 Å². The van der Waals surface area contributed by atoms with Gasteiger partial charge in [0.25, 0.3) is 0 Å². The largest absolute Gasteiger partial charge is 0.377 e. The molecule has 1 N–H and O–H groups in total. The van der Waals surface area contributed by atoms with Crippen LogP contribution in [0.25, 0.3) is 0 Å². The van der Waals surface area contributed by atoms with Crippen LogP contribution in [-0.2, 0) is 4.74 Å². The van der Waals surface area contributed by atoms with Crippen LogP contribution in [0.3, 0.4) is 0 Å². The van der Waals surface area contributed by atoms with Gasteiger partial charge in [-0.05, 0) is 58.5 Å². The minimum absolute atomic E-state index is 0.493. The molecule has 0 aliphatic carbocycles. The van der Waals surface area contributed by atoms with Crippen molar-refractivity contribution in [2.45, 2.75) is 51.2 Å². The van der Waals surface area contributed by atoms with Gasteiger partial charge in [0.2, 0.25) is 0 Å². The average Bonchev–Trinajstić information content (AvgIpc) is 2.30. The van der Waals surface area contributed by atoms with Crippen molar-refractivity contribution in [1.82, 2.24) is 10.2 Å². The summed E-state index contributed by atoms with van der Waals surface area (Å²) in [4.78, 5) is 2.48. The molecule has 0 aromatic carbocycles. The quantitative estimate of drug-likeness (QED) is 0.812. The van der Waals surface area contributed by atoms with Crippen LogP contribution in [0.1, 0.15) is 39.0 Å². The summed E-state index contributed by atoms with van der Waals surface area (Å²) in [5.74, 6) is 0.875. The van der Waals surface area contributed by atoms with Crippen molar-refractivity contribution in [3.8, 4) is 0 Å². The molecule has 2 aliphatic heterocycles. The van der Waals surface area contributed by atoms with E-state index in [4.69, 9.17) is 4.74 Å². The smallest absolute Gasteiger partial charge is 0.0701 e. The van der Waals surface area contributed by atoms with E-state index in [0.717, 1.165) is 19.1 Å². The van der Waals surface area contributed by atoms with Gasteiger partial charge in [-0.15, -0.1) is 0 Å². The third-order valence-electron chi connectivity index (χ3n) is 4.09. The van der Waals surface area contributed by atoms with E-state index < -0.39 is 0 Å². The van der Waals surface area contributed by atoms with Crippen molar-refractivity contribution < 1.29 is 4.74 Å².